The van der Waals surface area contributed by atoms with E-state index in [9.17, 15) is 4.79 Å². The lowest BCUT2D eigenvalue weighted by Gasteiger charge is -2.41. The average molecular weight is 364 g/mol. The molecule has 4 rings (SSSR count). The molecule has 2 atom stereocenters. The minimum atomic E-state index is 0.000585. The number of hydrogen-bond donors (Lipinski definition) is 0. The Bertz CT molecular complexity index is 603. The van der Waals surface area contributed by atoms with Crippen LogP contribution in [-0.4, -0.2) is 46.2 Å². The minimum Gasteiger partial charge on any atom is -0.458 e. The van der Waals surface area contributed by atoms with Crippen LogP contribution in [0.15, 0.2) is 18.3 Å². The van der Waals surface area contributed by atoms with E-state index >= 15 is 0 Å². The Kier molecular flexibility index (Phi) is 5.13. The summed E-state index contributed by atoms with van der Waals surface area (Å²) in [6, 6.07) is 4.13. The monoisotopic (exact) mass is 363 g/mol. The number of nitrogens with zero attached hydrogens (tertiary/aromatic N) is 3. The predicted octanol–water partition coefficient (Wildman–Crippen LogP) is 3.67. The molecule has 0 bridgehead atoms. The van der Waals surface area contributed by atoms with Gasteiger partial charge in [0.15, 0.2) is 6.23 Å². The summed E-state index contributed by atoms with van der Waals surface area (Å²) < 4.78 is 6.09. The molecule has 3 fully saturated rings. The quantitative estimate of drug-likeness (QED) is 0.821. The molecule has 3 heterocycles. The molecular weight excluding hydrogens is 338 g/mol. The maximum Gasteiger partial charge on any atom is 0.226 e. The molecule has 0 aromatic carbocycles. The molecule has 0 radical (unpaired) electrons. The van der Waals surface area contributed by atoms with E-state index in [1.54, 1.807) is 12.3 Å². The maximum atomic E-state index is 12.9. The first-order valence-electron chi connectivity index (χ1n) is 9.53. The lowest BCUT2D eigenvalue weighted by molar-refractivity contribution is -0.144. The van der Waals surface area contributed by atoms with Crippen LogP contribution in [0.5, 0.6) is 5.88 Å². The Morgan fingerprint density at radius 1 is 1.12 bits per heavy atom. The highest BCUT2D eigenvalue weighted by Gasteiger charge is 2.41. The van der Waals surface area contributed by atoms with Crippen LogP contribution >= 0.6 is 11.6 Å². The van der Waals surface area contributed by atoms with Crippen molar-refractivity contribution in [2.75, 3.05) is 13.2 Å². The Morgan fingerprint density at radius 3 is 2.72 bits per heavy atom. The van der Waals surface area contributed by atoms with E-state index in [-0.39, 0.29) is 12.1 Å². The molecule has 1 amide bonds. The minimum absolute atomic E-state index is 0.000585. The third-order valence-electron chi connectivity index (χ3n) is 5.88. The molecule has 2 saturated heterocycles. The van der Waals surface area contributed by atoms with Crippen molar-refractivity contribution >= 4 is 17.5 Å². The topological polar surface area (TPSA) is 45.7 Å². The summed E-state index contributed by atoms with van der Waals surface area (Å²) in [5.74, 6) is 1.20. The van der Waals surface area contributed by atoms with Crippen molar-refractivity contribution in [3.8, 4) is 5.88 Å². The normalized spacial score (nSPS) is 28.0. The summed E-state index contributed by atoms with van der Waals surface area (Å²) >= 11 is 5.89. The molecule has 0 unspecified atom stereocenters. The molecule has 0 spiro atoms. The van der Waals surface area contributed by atoms with Gasteiger partial charge in [0.25, 0.3) is 0 Å². The van der Waals surface area contributed by atoms with Gasteiger partial charge in [0.2, 0.25) is 11.8 Å². The number of fused-ring (bicyclic) bond motifs is 1. The highest BCUT2D eigenvalue weighted by molar-refractivity contribution is 6.30. The molecule has 2 aliphatic heterocycles. The van der Waals surface area contributed by atoms with Gasteiger partial charge in [-0.3, -0.25) is 4.79 Å². The third-order valence-corrected chi connectivity index (χ3v) is 6.10. The molecule has 1 aromatic rings. The van der Waals surface area contributed by atoms with E-state index in [0.29, 0.717) is 29.5 Å². The van der Waals surface area contributed by atoms with Crippen molar-refractivity contribution in [2.24, 2.45) is 5.92 Å². The summed E-state index contributed by atoms with van der Waals surface area (Å²) in [7, 11) is 0. The van der Waals surface area contributed by atoms with Crippen LogP contribution in [-0.2, 0) is 4.79 Å². The maximum absolute atomic E-state index is 12.9. The van der Waals surface area contributed by atoms with Crippen LogP contribution in [0.4, 0.5) is 0 Å². The van der Waals surface area contributed by atoms with Gasteiger partial charge in [-0.1, -0.05) is 30.9 Å². The lowest BCUT2D eigenvalue weighted by atomic mass is 9.88. The van der Waals surface area contributed by atoms with Gasteiger partial charge in [-0.05, 0) is 38.2 Å². The van der Waals surface area contributed by atoms with Crippen molar-refractivity contribution < 1.29 is 9.53 Å². The fourth-order valence-electron chi connectivity index (χ4n) is 4.48. The second-order valence-electron chi connectivity index (χ2n) is 7.50. The number of amides is 1. The number of ether oxygens (including phenoxy) is 1. The summed E-state index contributed by atoms with van der Waals surface area (Å²) in [4.78, 5) is 21.5. The molecule has 136 valence electrons. The van der Waals surface area contributed by atoms with Gasteiger partial charge in [0.05, 0.1) is 11.7 Å². The second-order valence-corrected chi connectivity index (χ2v) is 7.94. The van der Waals surface area contributed by atoms with Crippen LogP contribution in [0, 0.1) is 5.92 Å². The van der Waals surface area contributed by atoms with Gasteiger partial charge in [-0.25, -0.2) is 9.88 Å². The van der Waals surface area contributed by atoms with Crippen molar-refractivity contribution in [1.29, 1.82) is 0 Å². The SMILES string of the molecule is O=C(C1CCCCC1)N1CC[C@@H]2CC[C@H](Oc3ccc(Cl)cn3)N2C1. The fourth-order valence-corrected chi connectivity index (χ4v) is 4.59. The molecule has 1 aliphatic carbocycles. The van der Waals surface area contributed by atoms with E-state index in [0.717, 1.165) is 38.6 Å². The number of aromatic nitrogens is 1. The van der Waals surface area contributed by atoms with Crippen molar-refractivity contribution in [3.63, 3.8) is 0 Å². The van der Waals surface area contributed by atoms with Crippen LogP contribution in [0.2, 0.25) is 5.02 Å². The van der Waals surface area contributed by atoms with E-state index in [1.165, 1.54) is 19.3 Å². The van der Waals surface area contributed by atoms with Gasteiger partial charge >= 0.3 is 0 Å². The number of carbonyl (C=O) groups is 1. The van der Waals surface area contributed by atoms with Crippen molar-refractivity contribution in [1.82, 2.24) is 14.8 Å². The van der Waals surface area contributed by atoms with Crippen LogP contribution in [0.1, 0.15) is 51.4 Å². The number of halogens is 1. The van der Waals surface area contributed by atoms with Gasteiger partial charge in [-0.2, -0.15) is 0 Å². The first-order valence-corrected chi connectivity index (χ1v) is 9.91. The first-order chi connectivity index (χ1) is 12.2. The lowest BCUT2D eigenvalue weighted by Crippen LogP contribution is -2.54. The fraction of sp³-hybridized carbons (Fsp3) is 0.684. The van der Waals surface area contributed by atoms with Crippen molar-refractivity contribution in [3.05, 3.63) is 23.4 Å². The van der Waals surface area contributed by atoms with Crippen molar-refractivity contribution in [2.45, 2.75) is 63.6 Å². The van der Waals surface area contributed by atoms with E-state index in [4.69, 9.17) is 16.3 Å². The zero-order chi connectivity index (χ0) is 17.2. The summed E-state index contributed by atoms with van der Waals surface area (Å²) in [5, 5.41) is 0.610. The molecule has 6 heteroatoms. The zero-order valence-corrected chi connectivity index (χ0v) is 15.3. The molecule has 25 heavy (non-hydrogen) atoms. The van der Waals surface area contributed by atoms with E-state index < -0.39 is 0 Å². The van der Waals surface area contributed by atoms with Gasteiger partial charge in [-0.15, -0.1) is 0 Å². The van der Waals surface area contributed by atoms with Crippen LogP contribution in [0.25, 0.3) is 0 Å². The number of carbonyl (C=O) groups excluding carboxylic acids is 1. The largest absolute Gasteiger partial charge is 0.458 e. The van der Waals surface area contributed by atoms with Gasteiger partial charge in [0, 0.05) is 30.8 Å². The molecule has 5 nitrogen and oxygen atoms in total. The smallest absolute Gasteiger partial charge is 0.226 e. The van der Waals surface area contributed by atoms with Crippen LogP contribution in [0.3, 0.4) is 0 Å². The standard InChI is InChI=1S/C19H26ClN3O2/c20-15-6-8-17(21-12-15)25-18-9-7-16-10-11-22(13-23(16)18)19(24)14-4-2-1-3-5-14/h6,8,12,14,16,18H,1-5,7,9-11,13H2/t16-,18-/m0/s1. The summed E-state index contributed by atoms with van der Waals surface area (Å²) in [5.41, 5.74) is 0. The first kappa shape index (κ1) is 17.1. The average Bonchev–Trinajstić information content (AvgIpc) is 3.06. The van der Waals surface area contributed by atoms with E-state index in [1.807, 2.05) is 6.07 Å². The molecule has 0 N–H and O–H groups in total. The molecule has 1 aromatic heterocycles. The molecule has 1 saturated carbocycles. The Balaban J connectivity index is 1.40. The number of pyridine rings is 1. The molecular formula is C19H26ClN3O2. The van der Waals surface area contributed by atoms with Gasteiger partial charge in [0.1, 0.15) is 0 Å². The van der Waals surface area contributed by atoms with E-state index in [2.05, 4.69) is 14.8 Å². The highest BCUT2D eigenvalue weighted by atomic mass is 35.5. The number of rotatable bonds is 3. The second kappa shape index (κ2) is 7.50. The van der Waals surface area contributed by atoms with Crippen LogP contribution < -0.4 is 4.74 Å². The number of hydrogen-bond acceptors (Lipinski definition) is 4. The summed E-state index contributed by atoms with van der Waals surface area (Å²) in [6.45, 7) is 1.58. The van der Waals surface area contributed by atoms with Gasteiger partial charge < -0.3 is 9.64 Å². The molecule has 3 aliphatic rings. The third kappa shape index (κ3) is 3.77. The predicted molar refractivity (Wildman–Crippen MR) is 96.3 cm³/mol. The summed E-state index contributed by atoms with van der Waals surface area (Å²) in [6.07, 6.45) is 10.6. The zero-order valence-electron chi connectivity index (χ0n) is 14.6. The Labute approximate surface area is 154 Å². The highest BCUT2D eigenvalue weighted by Crippen LogP contribution is 2.33. The Hall–Kier alpha value is -1.33. The Morgan fingerprint density at radius 2 is 1.96 bits per heavy atom.